The number of ether oxygens (including phenoxy) is 1. The van der Waals surface area contributed by atoms with Gasteiger partial charge in [0, 0.05) is 4.32 Å². The molecule has 1 nitrogen and oxygen atoms in total. The van der Waals surface area contributed by atoms with Crippen molar-refractivity contribution in [1.82, 2.24) is 0 Å². The lowest BCUT2D eigenvalue weighted by molar-refractivity contribution is 0.00730. The van der Waals surface area contributed by atoms with E-state index in [1.165, 1.54) is 12.8 Å². The van der Waals surface area contributed by atoms with Crippen LogP contribution in [0.5, 0.6) is 0 Å². The van der Waals surface area contributed by atoms with Gasteiger partial charge in [0.05, 0.1) is 12.2 Å². The predicted molar refractivity (Wildman–Crippen MR) is 55.7 cm³/mol. The van der Waals surface area contributed by atoms with Crippen molar-refractivity contribution in [2.45, 2.75) is 57.1 Å². The molecule has 0 N–H and O–H groups in total. The number of hydrogen-bond donors (Lipinski definition) is 0. The molecule has 0 saturated carbocycles. The van der Waals surface area contributed by atoms with Crippen LogP contribution in [0.25, 0.3) is 0 Å². The molecule has 0 amide bonds. The van der Waals surface area contributed by atoms with E-state index in [4.69, 9.17) is 4.74 Å². The van der Waals surface area contributed by atoms with Crippen molar-refractivity contribution in [1.29, 1.82) is 0 Å². The fraction of sp³-hybridized carbons (Fsp3) is 1.00. The minimum absolute atomic E-state index is 0.136. The van der Waals surface area contributed by atoms with E-state index in [9.17, 15) is 0 Å². The average Bonchev–Trinajstić information content (AvgIpc) is 2.30. The van der Waals surface area contributed by atoms with E-state index in [0.717, 1.165) is 0 Å². The van der Waals surface area contributed by atoms with E-state index >= 15 is 0 Å². The minimum atomic E-state index is 0.136. The molecule has 0 aliphatic carbocycles. The summed E-state index contributed by atoms with van der Waals surface area (Å²) in [5.74, 6) is 0.657. The van der Waals surface area contributed by atoms with Gasteiger partial charge < -0.3 is 4.74 Å². The van der Waals surface area contributed by atoms with Crippen LogP contribution >= 0.6 is 15.9 Å². The molecule has 0 bridgehead atoms. The lowest BCUT2D eigenvalue weighted by Gasteiger charge is -2.25. The third-order valence-electron chi connectivity index (χ3n) is 2.56. The van der Waals surface area contributed by atoms with Crippen molar-refractivity contribution in [3.05, 3.63) is 0 Å². The maximum absolute atomic E-state index is 5.94. The molecule has 1 saturated heterocycles. The summed E-state index contributed by atoms with van der Waals surface area (Å²) in [5, 5.41) is 0. The highest BCUT2D eigenvalue weighted by Gasteiger charge is 2.36. The topological polar surface area (TPSA) is 9.23 Å². The molecule has 1 aliphatic rings. The van der Waals surface area contributed by atoms with Crippen LogP contribution in [0, 0.1) is 5.92 Å². The SMILES string of the molecule is CC(C)[C@H]1CC[C@H](C(C)(C)Br)O1. The second-order valence-electron chi connectivity index (χ2n) is 4.55. The van der Waals surface area contributed by atoms with Crippen LogP contribution in [0.4, 0.5) is 0 Å². The van der Waals surface area contributed by atoms with Gasteiger partial charge in [-0.15, -0.1) is 0 Å². The molecule has 72 valence electrons. The second kappa shape index (κ2) is 3.67. The van der Waals surface area contributed by atoms with Gasteiger partial charge in [0.25, 0.3) is 0 Å². The van der Waals surface area contributed by atoms with E-state index in [1.807, 2.05) is 0 Å². The van der Waals surface area contributed by atoms with Gasteiger partial charge in [0.1, 0.15) is 0 Å². The van der Waals surface area contributed by atoms with Crippen LogP contribution < -0.4 is 0 Å². The summed E-state index contributed by atoms with van der Waals surface area (Å²) in [6, 6.07) is 0. The maximum Gasteiger partial charge on any atom is 0.0727 e. The average molecular weight is 235 g/mol. The lowest BCUT2D eigenvalue weighted by Crippen LogP contribution is -2.30. The van der Waals surface area contributed by atoms with Crippen LogP contribution in [-0.2, 0) is 4.74 Å². The molecule has 1 aliphatic heterocycles. The molecule has 2 atom stereocenters. The zero-order valence-corrected chi connectivity index (χ0v) is 10.0. The van der Waals surface area contributed by atoms with Gasteiger partial charge >= 0.3 is 0 Å². The molecule has 2 heteroatoms. The summed E-state index contributed by atoms with van der Waals surface area (Å²) in [7, 11) is 0. The van der Waals surface area contributed by atoms with E-state index in [0.29, 0.717) is 18.1 Å². The Bertz CT molecular complexity index is 148. The Morgan fingerprint density at radius 3 is 2.17 bits per heavy atom. The van der Waals surface area contributed by atoms with Gasteiger partial charge in [-0.25, -0.2) is 0 Å². The Morgan fingerprint density at radius 2 is 1.92 bits per heavy atom. The molecular formula is C10H19BrO. The minimum Gasteiger partial charge on any atom is -0.373 e. The molecule has 0 unspecified atom stereocenters. The monoisotopic (exact) mass is 234 g/mol. The van der Waals surface area contributed by atoms with Gasteiger partial charge in [-0.05, 0) is 32.6 Å². The number of alkyl halides is 1. The third kappa shape index (κ3) is 2.46. The Balaban J connectivity index is 2.46. The van der Waals surface area contributed by atoms with Crippen molar-refractivity contribution in [2.24, 2.45) is 5.92 Å². The van der Waals surface area contributed by atoms with Crippen molar-refractivity contribution < 1.29 is 4.74 Å². The fourth-order valence-corrected chi connectivity index (χ4v) is 2.00. The van der Waals surface area contributed by atoms with Crippen molar-refractivity contribution in [3.63, 3.8) is 0 Å². The van der Waals surface area contributed by atoms with Crippen molar-refractivity contribution in [3.8, 4) is 0 Å². The molecular weight excluding hydrogens is 216 g/mol. The number of rotatable bonds is 2. The van der Waals surface area contributed by atoms with Gasteiger partial charge in [-0.1, -0.05) is 29.8 Å². The summed E-state index contributed by atoms with van der Waals surface area (Å²) >= 11 is 3.66. The first-order valence-corrected chi connectivity index (χ1v) is 5.55. The van der Waals surface area contributed by atoms with Crippen LogP contribution in [0.1, 0.15) is 40.5 Å². The van der Waals surface area contributed by atoms with Crippen LogP contribution in [-0.4, -0.2) is 16.5 Å². The van der Waals surface area contributed by atoms with Gasteiger partial charge in [-0.3, -0.25) is 0 Å². The van der Waals surface area contributed by atoms with E-state index < -0.39 is 0 Å². The van der Waals surface area contributed by atoms with Gasteiger partial charge in [0.2, 0.25) is 0 Å². The fourth-order valence-electron chi connectivity index (χ4n) is 1.66. The predicted octanol–water partition coefficient (Wildman–Crippen LogP) is 3.36. The summed E-state index contributed by atoms with van der Waals surface area (Å²) in [6.45, 7) is 8.82. The second-order valence-corrected chi connectivity index (χ2v) is 6.59. The summed E-state index contributed by atoms with van der Waals surface area (Å²) < 4.78 is 6.08. The Morgan fingerprint density at radius 1 is 1.33 bits per heavy atom. The molecule has 0 aromatic rings. The Hall–Kier alpha value is 0.440. The first-order valence-electron chi connectivity index (χ1n) is 4.75. The molecule has 0 aromatic carbocycles. The van der Waals surface area contributed by atoms with Crippen LogP contribution in [0.3, 0.4) is 0 Å². The highest BCUT2D eigenvalue weighted by atomic mass is 79.9. The first-order chi connectivity index (χ1) is 5.41. The Labute approximate surface area is 84.0 Å². The molecule has 12 heavy (non-hydrogen) atoms. The Kier molecular flexibility index (Phi) is 3.21. The summed E-state index contributed by atoms with van der Waals surface area (Å²) in [6.07, 6.45) is 3.29. The largest absolute Gasteiger partial charge is 0.373 e. The van der Waals surface area contributed by atoms with Crippen LogP contribution in [0.15, 0.2) is 0 Å². The van der Waals surface area contributed by atoms with E-state index in [2.05, 4.69) is 43.6 Å². The molecule has 1 heterocycles. The summed E-state index contributed by atoms with van der Waals surface area (Å²) in [5.41, 5.74) is 0. The molecule has 0 aromatic heterocycles. The number of halogens is 1. The maximum atomic E-state index is 5.94. The van der Waals surface area contributed by atoms with Crippen molar-refractivity contribution in [2.75, 3.05) is 0 Å². The third-order valence-corrected chi connectivity index (χ3v) is 3.07. The van der Waals surface area contributed by atoms with E-state index in [-0.39, 0.29) is 4.32 Å². The highest BCUT2D eigenvalue weighted by molar-refractivity contribution is 9.10. The zero-order valence-electron chi connectivity index (χ0n) is 8.43. The van der Waals surface area contributed by atoms with Gasteiger partial charge in [0.15, 0.2) is 0 Å². The smallest absolute Gasteiger partial charge is 0.0727 e. The van der Waals surface area contributed by atoms with E-state index in [1.54, 1.807) is 0 Å². The molecule has 1 rings (SSSR count). The molecule has 0 spiro atoms. The lowest BCUT2D eigenvalue weighted by atomic mass is 10.0. The number of hydrogen-bond acceptors (Lipinski definition) is 1. The van der Waals surface area contributed by atoms with Crippen LogP contribution in [0.2, 0.25) is 0 Å². The highest BCUT2D eigenvalue weighted by Crippen LogP contribution is 2.35. The molecule has 0 radical (unpaired) electrons. The normalized spacial score (nSPS) is 31.5. The standard InChI is InChI=1S/C10H19BrO/c1-7(2)8-5-6-9(12-8)10(3,4)11/h7-9H,5-6H2,1-4H3/t8-,9-/m1/s1. The van der Waals surface area contributed by atoms with Gasteiger partial charge in [-0.2, -0.15) is 0 Å². The summed E-state index contributed by atoms with van der Waals surface area (Å²) in [4.78, 5) is 0. The quantitative estimate of drug-likeness (QED) is 0.667. The van der Waals surface area contributed by atoms with Crippen molar-refractivity contribution >= 4 is 15.9 Å². The first kappa shape index (κ1) is 10.5. The zero-order chi connectivity index (χ0) is 9.35. The molecule has 1 fully saturated rings.